The molecule has 0 aliphatic rings. The zero-order valence-electron chi connectivity index (χ0n) is 9.60. The molecule has 0 aliphatic carbocycles. The zero-order chi connectivity index (χ0) is 11.4. The molecule has 0 fully saturated rings. The summed E-state index contributed by atoms with van der Waals surface area (Å²) in [5.41, 5.74) is 3.69. The number of aromatic nitrogens is 1. The highest BCUT2D eigenvalue weighted by atomic mass is 16.5. The number of pyridine rings is 1. The Bertz CT molecular complexity index is 434. The van der Waals surface area contributed by atoms with Gasteiger partial charge in [-0.25, -0.2) is 4.98 Å². The summed E-state index contributed by atoms with van der Waals surface area (Å²) in [7, 11) is 1.63. The highest BCUT2D eigenvalue weighted by Gasteiger charge is 2.00. The minimum Gasteiger partial charge on any atom is -0.481 e. The highest BCUT2D eigenvalue weighted by molar-refractivity contribution is 5.64. The molecule has 2 nitrogen and oxygen atoms in total. The molecule has 0 unspecified atom stereocenters. The van der Waals surface area contributed by atoms with Crippen molar-refractivity contribution in [1.29, 1.82) is 0 Å². The summed E-state index contributed by atoms with van der Waals surface area (Å²) in [6.07, 6.45) is 2.82. The average molecular weight is 213 g/mol. The summed E-state index contributed by atoms with van der Waals surface area (Å²) in [6, 6.07) is 12.5. The second-order valence-corrected chi connectivity index (χ2v) is 3.64. The Kier molecular flexibility index (Phi) is 3.20. The van der Waals surface area contributed by atoms with Gasteiger partial charge in [-0.3, -0.25) is 0 Å². The van der Waals surface area contributed by atoms with Crippen LogP contribution in [-0.4, -0.2) is 12.1 Å². The Hall–Kier alpha value is -1.83. The van der Waals surface area contributed by atoms with Gasteiger partial charge >= 0.3 is 0 Å². The van der Waals surface area contributed by atoms with Gasteiger partial charge in [0, 0.05) is 12.3 Å². The third-order valence-electron chi connectivity index (χ3n) is 2.61. The highest BCUT2D eigenvalue weighted by Crippen LogP contribution is 2.23. The molecule has 1 aromatic carbocycles. The second kappa shape index (κ2) is 4.79. The third kappa shape index (κ3) is 2.22. The first-order chi connectivity index (χ1) is 7.83. The summed E-state index contributed by atoms with van der Waals surface area (Å²) in [5, 5.41) is 0. The predicted molar refractivity (Wildman–Crippen MR) is 65.6 cm³/mol. The predicted octanol–water partition coefficient (Wildman–Crippen LogP) is 3.32. The van der Waals surface area contributed by atoms with Gasteiger partial charge in [0.1, 0.15) is 0 Å². The van der Waals surface area contributed by atoms with Crippen LogP contribution in [0.2, 0.25) is 0 Å². The van der Waals surface area contributed by atoms with Gasteiger partial charge in [-0.05, 0) is 29.2 Å². The molecule has 1 aromatic heterocycles. The van der Waals surface area contributed by atoms with E-state index in [-0.39, 0.29) is 0 Å². The first kappa shape index (κ1) is 10.7. The van der Waals surface area contributed by atoms with E-state index in [1.54, 1.807) is 13.3 Å². The lowest BCUT2D eigenvalue weighted by Crippen LogP contribution is -1.88. The molecule has 0 N–H and O–H groups in total. The molecule has 0 atom stereocenters. The zero-order valence-corrected chi connectivity index (χ0v) is 9.60. The van der Waals surface area contributed by atoms with Crippen molar-refractivity contribution in [3.8, 4) is 17.0 Å². The van der Waals surface area contributed by atoms with E-state index in [9.17, 15) is 0 Å². The lowest BCUT2D eigenvalue weighted by molar-refractivity contribution is 0.398. The van der Waals surface area contributed by atoms with Gasteiger partial charge in [0.2, 0.25) is 5.88 Å². The number of hydrogen-bond donors (Lipinski definition) is 0. The number of aryl methyl sites for hydroxylation is 1. The van der Waals surface area contributed by atoms with Gasteiger partial charge < -0.3 is 4.74 Å². The maximum atomic E-state index is 5.12. The minimum atomic E-state index is 0.652. The van der Waals surface area contributed by atoms with Crippen LogP contribution < -0.4 is 4.74 Å². The van der Waals surface area contributed by atoms with Gasteiger partial charge in [0.15, 0.2) is 0 Å². The van der Waals surface area contributed by atoms with E-state index in [0.29, 0.717) is 5.88 Å². The van der Waals surface area contributed by atoms with Crippen molar-refractivity contribution >= 4 is 0 Å². The number of benzene rings is 1. The lowest BCUT2D eigenvalue weighted by Gasteiger charge is -2.05. The SMILES string of the molecule is CCc1cccc(-c2ccnc(OC)c2)c1. The second-order valence-electron chi connectivity index (χ2n) is 3.64. The van der Waals surface area contributed by atoms with Crippen molar-refractivity contribution in [2.75, 3.05) is 7.11 Å². The van der Waals surface area contributed by atoms with Crippen LogP contribution >= 0.6 is 0 Å². The molecule has 0 saturated carbocycles. The largest absolute Gasteiger partial charge is 0.481 e. The molecule has 0 amide bonds. The number of nitrogens with zero attached hydrogens (tertiary/aromatic N) is 1. The Morgan fingerprint density at radius 1 is 1.12 bits per heavy atom. The van der Waals surface area contributed by atoms with Crippen LogP contribution in [0.3, 0.4) is 0 Å². The molecular weight excluding hydrogens is 198 g/mol. The van der Waals surface area contributed by atoms with Crippen LogP contribution in [0.25, 0.3) is 11.1 Å². The molecule has 2 heteroatoms. The molecule has 16 heavy (non-hydrogen) atoms. The van der Waals surface area contributed by atoms with Crippen molar-refractivity contribution in [2.24, 2.45) is 0 Å². The summed E-state index contributed by atoms with van der Waals surface area (Å²) in [6.45, 7) is 2.16. The Morgan fingerprint density at radius 3 is 2.69 bits per heavy atom. The number of methoxy groups -OCH3 is 1. The van der Waals surface area contributed by atoms with E-state index in [1.165, 1.54) is 11.1 Å². The van der Waals surface area contributed by atoms with Gasteiger partial charge in [-0.2, -0.15) is 0 Å². The van der Waals surface area contributed by atoms with Crippen LogP contribution in [0.15, 0.2) is 42.6 Å². The van der Waals surface area contributed by atoms with Crippen molar-refractivity contribution in [3.05, 3.63) is 48.2 Å². The van der Waals surface area contributed by atoms with Crippen molar-refractivity contribution < 1.29 is 4.74 Å². The first-order valence-corrected chi connectivity index (χ1v) is 5.43. The fourth-order valence-electron chi connectivity index (χ4n) is 1.67. The topological polar surface area (TPSA) is 22.1 Å². The van der Waals surface area contributed by atoms with Crippen LogP contribution in [0.5, 0.6) is 5.88 Å². The van der Waals surface area contributed by atoms with Gasteiger partial charge in [0.05, 0.1) is 7.11 Å². The molecule has 2 rings (SSSR count). The Morgan fingerprint density at radius 2 is 1.94 bits per heavy atom. The molecule has 0 radical (unpaired) electrons. The van der Waals surface area contributed by atoms with Crippen LogP contribution in [0, 0.1) is 0 Å². The molecule has 0 aliphatic heterocycles. The van der Waals surface area contributed by atoms with Gasteiger partial charge in [0.25, 0.3) is 0 Å². The fraction of sp³-hybridized carbons (Fsp3) is 0.214. The summed E-state index contributed by atoms with van der Waals surface area (Å²) in [4.78, 5) is 4.10. The normalized spacial score (nSPS) is 10.1. The van der Waals surface area contributed by atoms with E-state index in [4.69, 9.17) is 4.74 Å². The van der Waals surface area contributed by atoms with Crippen LogP contribution in [0.4, 0.5) is 0 Å². The van der Waals surface area contributed by atoms with Crippen LogP contribution in [-0.2, 0) is 6.42 Å². The maximum Gasteiger partial charge on any atom is 0.213 e. The molecule has 1 heterocycles. The molecular formula is C14H15NO. The van der Waals surface area contributed by atoms with Crippen molar-refractivity contribution in [3.63, 3.8) is 0 Å². The third-order valence-corrected chi connectivity index (χ3v) is 2.61. The average Bonchev–Trinajstić information content (AvgIpc) is 2.39. The van der Waals surface area contributed by atoms with E-state index in [1.807, 2.05) is 12.1 Å². The quantitative estimate of drug-likeness (QED) is 0.780. The summed E-state index contributed by atoms with van der Waals surface area (Å²) in [5.74, 6) is 0.652. The molecule has 0 bridgehead atoms. The Labute approximate surface area is 95.9 Å². The fourth-order valence-corrected chi connectivity index (χ4v) is 1.67. The molecule has 0 spiro atoms. The molecule has 2 aromatic rings. The van der Waals surface area contributed by atoms with E-state index >= 15 is 0 Å². The maximum absolute atomic E-state index is 5.12. The number of hydrogen-bond acceptors (Lipinski definition) is 2. The first-order valence-electron chi connectivity index (χ1n) is 5.43. The monoisotopic (exact) mass is 213 g/mol. The van der Waals surface area contributed by atoms with Gasteiger partial charge in [-0.1, -0.05) is 31.2 Å². The van der Waals surface area contributed by atoms with E-state index in [0.717, 1.165) is 12.0 Å². The number of ether oxygens (including phenoxy) is 1. The lowest BCUT2D eigenvalue weighted by atomic mass is 10.0. The standard InChI is InChI=1S/C14H15NO/c1-3-11-5-4-6-12(9-11)13-7-8-15-14(10-13)16-2/h4-10H,3H2,1-2H3. The van der Waals surface area contributed by atoms with Crippen molar-refractivity contribution in [2.45, 2.75) is 13.3 Å². The van der Waals surface area contributed by atoms with E-state index in [2.05, 4.69) is 36.2 Å². The smallest absolute Gasteiger partial charge is 0.213 e. The Balaban J connectivity index is 2.41. The summed E-state index contributed by atoms with van der Waals surface area (Å²) < 4.78 is 5.12. The van der Waals surface area contributed by atoms with Crippen LogP contribution in [0.1, 0.15) is 12.5 Å². The van der Waals surface area contributed by atoms with Crippen molar-refractivity contribution in [1.82, 2.24) is 4.98 Å². The molecule has 0 saturated heterocycles. The van der Waals surface area contributed by atoms with E-state index < -0.39 is 0 Å². The van der Waals surface area contributed by atoms with Gasteiger partial charge in [-0.15, -0.1) is 0 Å². The number of rotatable bonds is 3. The molecule has 82 valence electrons. The minimum absolute atomic E-state index is 0.652. The summed E-state index contributed by atoms with van der Waals surface area (Å²) >= 11 is 0.